The zero-order valence-electron chi connectivity index (χ0n) is 10.9. The van der Waals surface area contributed by atoms with E-state index in [4.69, 9.17) is 0 Å². The lowest BCUT2D eigenvalue weighted by Gasteiger charge is -2.43. The number of piperidine rings is 1. The van der Waals surface area contributed by atoms with Crippen molar-refractivity contribution >= 4 is 0 Å². The van der Waals surface area contributed by atoms with Gasteiger partial charge in [-0.3, -0.25) is 4.90 Å². The van der Waals surface area contributed by atoms with Crippen molar-refractivity contribution in [3.05, 3.63) is 0 Å². The van der Waals surface area contributed by atoms with E-state index in [1.165, 1.54) is 38.6 Å². The molecule has 1 N–H and O–H groups in total. The van der Waals surface area contributed by atoms with Crippen LogP contribution in [0.5, 0.6) is 0 Å². The van der Waals surface area contributed by atoms with Crippen LogP contribution in [0, 0.1) is 5.92 Å². The van der Waals surface area contributed by atoms with Crippen molar-refractivity contribution in [1.82, 2.24) is 4.90 Å². The topological polar surface area (TPSA) is 23.5 Å². The molecule has 0 spiro atoms. The summed E-state index contributed by atoms with van der Waals surface area (Å²) in [4.78, 5) is 2.52. The van der Waals surface area contributed by atoms with Crippen LogP contribution in [-0.4, -0.2) is 34.7 Å². The van der Waals surface area contributed by atoms with Crippen LogP contribution in [0.4, 0.5) is 0 Å². The van der Waals surface area contributed by atoms with Crippen molar-refractivity contribution in [3.63, 3.8) is 0 Å². The molecule has 0 bridgehead atoms. The van der Waals surface area contributed by atoms with Crippen LogP contribution in [-0.2, 0) is 0 Å². The molecule has 94 valence electrons. The largest absolute Gasteiger partial charge is 0.389 e. The first-order valence-corrected chi connectivity index (χ1v) is 7.05. The molecule has 2 fully saturated rings. The number of aliphatic hydroxyl groups is 1. The molecular weight excluding hydrogens is 198 g/mol. The molecule has 2 atom stereocenters. The van der Waals surface area contributed by atoms with Gasteiger partial charge in [-0.2, -0.15) is 0 Å². The Morgan fingerprint density at radius 2 is 1.88 bits per heavy atom. The van der Waals surface area contributed by atoms with Crippen molar-refractivity contribution in [2.45, 2.75) is 70.4 Å². The maximum atomic E-state index is 10.6. The van der Waals surface area contributed by atoms with Gasteiger partial charge in [0.1, 0.15) is 0 Å². The van der Waals surface area contributed by atoms with E-state index in [-0.39, 0.29) is 5.60 Å². The SMILES string of the molecule is CC1CCN(CC2(O)CCCCC2)C(C)C1. The minimum absolute atomic E-state index is 0.368. The third-order valence-corrected chi connectivity index (χ3v) is 4.56. The lowest BCUT2D eigenvalue weighted by molar-refractivity contribution is -0.0436. The summed E-state index contributed by atoms with van der Waals surface area (Å²) in [5, 5.41) is 10.6. The Labute approximate surface area is 100 Å². The van der Waals surface area contributed by atoms with E-state index in [0.717, 1.165) is 25.3 Å². The number of β-amino-alcohol motifs (C(OH)–C–C–N with tert-alkyl or cyclic N) is 1. The average Bonchev–Trinajstić information content (AvgIpc) is 2.23. The molecule has 2 unspecified atom stereocenters. The van der Waals surface area contributed by atoms with E-state index < -0.39 is 0 Å². The van der Waals surface area contributed by atoms with Crippen LogP contribution in [0.3, 0.4) is 0 Å². The Kier molecular flexibility index (Phi) is 3.91. The minimum Gasteiger partial charge on any atom is -0.389 e. The fourth-order valence-corrected chi connectivity index (χ4v) is 3.44. The fraction of sp³-hybridized carbons (Fsp3) is 1.00. The average molecular weight is 225 g/mol. The summed E-state index contributed by atoms with van der Waals surface area (Å²) in [7, 11) is 0. The highest BCUT2D eigenvalue weighted by atomic mass is 16.3. The molecule has 1 heterocycles. The first kappa shape index (κ1) is 12.4. The lowest BCUT2D eigenvalue weighted by atomic mass is 9.83. The third-order valence-electron chi connectivity index (χ3n) is 4.56. The van der Waals surface area contributed by atoms with Crippen molar-refractivity contribution < 1.29 is 5.11 Å². The van der Waals surface area contributed by atoms with Crippen molar-refractivity contribution in [3.8, 4) is 0 Å². The van der Waals surface area contributed by atoms with Gasteiger partial charge in [0.05, 0.1) is 5.60 Å². The molecule has 0 radical (unpaired) electrons. The lowest BCUT2D eigenvalue weighted by Crippen LogP contribution is -2.50. The Morgan fingerprint density at radius 3 is 2.50 bits per heavy atom. The molecule has 1 aliphatic heterocycles. The predicted octanol–water partition coefficient (Wildman–Crippen LogP) is 2.80. The molecular formula is C14H27NO. The number of hydrogen-bond acceptors (Lipinski definition) is 2. The van der Waals surface area contributed by atoms with Gasteiger partial charge in [-0.25, -0.2) is 0 Å². The number of nitrogens with zero attached hydrogens (tertiary/aromatic N) is 1. The molecule has 1 saturated carbocycles. The summed E-state index contributed by atoms with van der Waals surface area (Å²) in [6.07, 6.45) is 8.40. The Hall–Kier alpha value is -0.0800. The summed E-state index contributed by atoms with van der Waals surface area (Å²) >= 11 is 0. The summed E-state index contributed by atoms with van der Waals surface area (Å²) in [6, 6.07) is 0.662. The van der Waals surface area contributed by atoms with E-state index in [2.05, 4.69) is 18.7 Å². The second-order valence-electron chi connectivity index (χ2n) is 6.23. The monoisotopic (exact) mass is 225 g/mol. The van der Waals surface area contributed by atoms with Gasteiger partial charge < -0.3 is 5.11 Å². The Morgan fingerprint density at radius 1 is 1.19 bits per heavy atom. The van der Waals surface area contributed by atoms with E-state index in [0.29, 0.717) is 6.04 Å². The van der Waals surface area contributed by atoms with E-state index in [1.807, 2.05) is 0 Å². The Balaban J connectivity index is 1.88. The molecule has 0 amide bonds. The van der Waals surface area contributed by atoms with Gasteiger partial charge in [-0.1, -0.05) is 26.2 Å². The fourth-order valence-electron chi connectivity index (χ4n) is 3.44. The number of hydrogen-bond donors (Lipinski definition) is 1. The second kappa shape index (κ2) is 5.05. The summed E-state index contributed by atoms with van der Waals surface area (Å²) in [6.45, 7) is 6.77. The number of rotatable bonds is 2. The van der Waals surface area contributed by atoms with Crippen LogP contribution in [0.1, 0.15) is 58.8 Å². The molecule has 1 aliphatic carbocycles. The van der Waals surface area contributed by atoms with Crippen molar-refractivity contribution in [2.75, 3.05) is 13.1 Å². The first-order valence-electron chi connectivity index (χ1n) is 7.05. The highest BCUT2D eigenvalue weighted by molar-refractivity contribution is 4.88. The van der Waals surface area contributed by atoms with E-state index >= 15 is 0 Å². The maximum absolute atomic E-state index is 10.6. The van der Waals surface area contributed by atoms with Gasteiger partial charge in [-0.05, 0) is 45.1 Å². The highest BCUT2D eigenvalue weighted by Gasteiger charge is 2.34. The van der Waals surface area contributed by atoms with Crippen LogP contribution >= 0.6 is 0 Å². The van der Waals surface area contributed by atoms with Gasteiger partial charge in [0.15, 0.2) is 0 Å². The van der Waals surface area contributed by atoms with E-state index in [1.54, 1.807) is 0 Å². The number of likely N-dealkylation sites (tertiary alicyclic amines) is 1. The minimum atomic E-state index is -0.368. The second-order valence-corrected chi connectivity index (χ2v) is 6.23. The summed E-state index contributed by atoms with van der Waals surface area (Å²) < 4.78 is 0. The molecule has 0 aromatic rings. The molecule has 2 aliphatic rings. The van der Waals surface area contributed by atoms with Crippen LogP contribution in [0.25, 0.3) is 0 Å². The highest BCUT2D eigenvalue weighted by Crippen LogP contribution is 2.31. The maximum Gasteiger partial charge on any atom is 0.0774 e. The van der Waals surface area contributed by atoms with Crippen LogP contribution < -0.4 is 0 Å². The summed E-state index contributed by atoms with van der Waals surface area (Å²) in [5.74, 6) is 0.868. The molecule has 0 aromatic carbocycles. The van der Waals surface area contributed by atoms with Gasteiger partial charge in [0, 0.05) is 12.6 Å². The van der Waals surface area contributed by atoms with Gasteiger partial charge in [0.25, 0.3) is 0 Å². The predicted molar refractivity (Wildman–Crippen MR) is 67.5 cm³/mol. The third kappa shape index (κ3) is 2.98. The Bertz CT molecular complexity index is 223. The molecule has 2 nitrogen and oxygen atoms in total. The standard InChI is InChI=1S/C14H27NO/c1-12-6-9-15(13(2)10-12)11-14(16)7-4-3-5-8-14/h12-13,16H,3-11H2,1-2H3. The van der Waals surface area contributed by atoms with Gasteiger partial charge in [-0.15, -0.1) is 0 Å². The molecule has 1 saturated heterocycles. The normalized spacial score (nSPS) is 36.2. The molecule has 2 rings (SSSR count). The van der Waals surface area contributed by atoms with Gasteiger partial charge in [0.2, 0.25) is 0 Å². The quantitative estimate of drug-likeness (QED) is 0.781. The van der Waals surface area contributed by atoms with Gasteiger partial charge >= 0.3 is 0 Å². The zero-order chi connectivity index (χ0) is 11.6. The first-order chi connectivity index (χ1) is 7.59. The van der Waals surface area contributed by atoms with Crippen LogP contribution in [0.2, 0.25) is 0 Å². The summed E-state index contributed by atoms with van der Waals surface area (Å²) in [5.41, 5.74) is -0.368. The smallest absolute Gasteiger partial charge is 0.0774 e. The van der Waals surface area contributed by atoms with Crippen molar-refractivity contribution in [2.24, 2.45) is 5.92 Å². The van der Waals surface area contributed by atoms with Crippen molar-refractivity contribution in [1.29, 1.82) is 0 Å². The van der Waals surface area contributed by atoms with Crippen LogP contribution in [0.15, 0.2) is 0 Å². The molecule has 0 aromatic heterocycles. The molecule has 2 heteroatoms. The zero-order valence-corrected chi connectivity index (χ0v) is 10.9. The molecule has 16 heavy (non-hydrogen) atoms. The van der Waals surface area contributed by atoms with E-state index in [9.17, 15) is 5.11 Å².